The Morgan fingerprint density at radius 3 is 2.42 bits per heavy atom. The molecule has 5 nitrogen and oxygen atoms in total. The smallest absolute Gasteiger partial charge is 0.253 e. The van der Waals surface area contributed by atoms with Gasteiger partial charge in [0.1, 0.15) is 18.1 Å². The van der Waals surface area contributed by atoms with E-state index in [0.29, 0.717) is 35.2 Å². The fourth-order valence-electron chi connectivity index (χ4n) is 4.00. The number of carbonyl (C=O) groups excluding carboxylic acids is 1. The number of methoxy groups -OCH3 is 1. The van der Waals surface area contributed by atoms with Crippen LogP contribution in [-0.2, 0) is 6.61 Å². The van der Waals surface area contributed by atoms with Crippen molar-refractivity contribution >= 4 is 34.8 Å². The predicted octanol–water partition coefficient (Wildman–Crippen LogP) is 5.85. The number of aryl methyl sites for hydroxylation is 1. The molecular formula is C26H26Cl2N2O3. The van der Waals surface area contributed by atoms with Gasteiger partial charge in [-0.3, -0.25) is 4.79 Å². The molecule has 1 aliphatic heterocycles. The quantitative estimate of drug-likeness (QED) is 0.439. The fourth-order valence-corrected chi connectivity index (χ4v) is 4.35. The molecule has 7 heteroatoms. The Morgan fingerprint density at radius 1 is 0.939 bits per heavy atom. The second kappa shape index (κ2) is 10.4. The summed E-state index contributed by atoms with van der Waals surface area (Å²) in [6, 6.07) is 18.7. The summed E-state index contributed by atoms with van der Waals surface area (Å²) in [7, 11) is 1.60. The minimum absolute atomic E-state index is 0.000822. The normalized spacial score (nSPS) is 13.7. The molecule has 1 amide bonds. The number of hydrogen-bond donors (Lipinski definition) is 0. The van der Waals surface area contributed by atoms with Crippen LogP contribution in [0.2, 0.25) is 10.0 Å². The lowest BCUT2D eigenvalue weighted by Crippen LogP contribution is -2.49. The minimum atomic E-state index is -0.000822. The summed E-state index contributed by atoms with van der Waals surface area (Å²) in [6.45, 7) is 5.12. The Kier molecular flexibility index (Phi) is 7.31. The van der Waals surface area contributed by atoms with Crippen LogP contribution >= 0.6 is 23.2 Å². The van der Waals surface area contributed by atoms with Gasteiger partial charge in [-0.05, 0) is 55.0 Å². The molecule has 0 atom stereocenters. The van der Waals surface area contributed by atoms with Crippen molar-refractivity contribution in [3.05, 3.63) is 87.4 Å². The minimum Gasteiger partial charge on any atom is -0.496 e. The van der Waals surface area contributed by atoms with Crippen LogP contribution in [0.1, 0.15) is 21.5 Å². The van der Waals surface area contributed by atoms with Crippen LogP contribution in [0.5, 0.6) is 11.5 Å². The SMILES string of the molecule is COc1ccc(C(=O)N2CCN(c3cc(Cl)ccc3C)CC2)cc1COc1ccccc1Cl. The van der Waals surface area contributed by atoms with E-state index in [-0.39, 0.29) is 12.5 Å². The molecule has 1 saturated heterocycles. The summed E-state index contributed by atoms with van der Waals surface area (Å²) in [5, 5.41) is 1.26. The highest BCUT2D eigenvalue weighted by molar-refractivity contribution is 6.32. The van der Waals surface area contributed by atoms with Gasteiger partial charge in [0.25, 0.3) is 5.91 Å². The first kappa shape index (κ1) is 23.3. The molecule has 0 saturated carbocycles. The summed E-state index contributed by atoms with van der Waals surface area (Å²) in [4.78, 5) is 17.4. The van der Waals surface area contributed by atoms with E-state index in [2.05, 4.69) is 11.8 Å². The maximum Gasteiger partial charge on any atom is 0.253 e. The second-order valence-corrected chi connectivity index (χ2v) is 8.80. The van der Waals surface area contributed by atoms with Gasteiger partial charge in [-0.15, -0.1) is 0 Å². The topological polar surface area (TPSA) is 42.0 Å². The molecule has 33 heavy (non-hydrogen) atoms. The molecule has 0 radical (unpaired) electrons. The summed E-state index contributed by atoms with van der Waals surface area (Å²) in [5.74, 6) is 1.25. The number of amides is 1. The molecule has 0 spiro atoms. The van der Waals surface area contributed by atoms with Crippen LogP contribution in [0.4, 0.5) is 5.69 Å². The Hall–Kier alpha value is -2.89. The highest BCUT2D eigenvalue weighted by Gasteiger charge is 2.24. The van der Waals surface area contributed by atoms with Crippen LogP contribution in [0.25, 0.3) is 0 Å². The van der Waals surface area contributed by atoms with Crippen molar-refractivity contribution in [3.63, 3.8) is 0 Å². The van der Waals surface area contributed by atoms with Gasteiger partial charge in [0, 0.05) is 48.0 Å². The zero-order chi connectivity index (χ0) is 23.4. The van der Waals surface area contributed by atoms with Gasteiger partial charge >= 0.3 is 0 Å². The average molecular weight is 485 g/mol. The van der Waals surface area contributed by atoms with E-state index in [1.807, 2.05) is 53.4 Å². The monoisotopic (exact) mass is 484 g/mol. The molecule has 0 bridgehead atoms. The number of piperazine rings is 1. The van der Waals surface area contributed by atoms with Crippen LogP contribution in [0.3, 0.4) is 0 Å². The standard InChI is InChI=1S/C26H26Cl2N2O3/c1-18-7-9-21(27)16-23(18)29-11-13-30(14-12-29)26(31)19-8-10-24(32-2)20(15-19)17-33-25-6-4-3-5-22(25)28/h3-10,15-16H,11-14,17H2,1-2H3. The van der Waals surface area contributed by atoms with E-state index in [0.717, 1.165) is 29.4 Å². The molecule has 3 aromatic carbocycles. The Morgan fingerprint density at radius 2 is 1.70 bits per heavy atom. The first-order chi connectivity index (χ1) is 16.0. The summed E-state index contributed by atoms with van der Waals surface area (Å²) < 4.78 is 11.3. The van der Waals surface area contributed by atoms with Gasteiger partial charge in [-0.25, -0.2) is 0 Å². The molecular weight excluding hydrogens is 459 g/mol. The van der Waals surface area contributed by atoms with Gasteiger partial charge in [0.2, 0.25) is 0 Å². The molecule has 3 aromatic rings. The molecule has 0 N–H and O–H groups in total. The maximum absolute atomic E-state index is 13.2. The number of benzene rings is 3. The number of carbonyl (C=O) groups is 1. The van der Waals surface area contributed by atoms with Crippen molar-refractivity contribution in [3.8, 4) is 11.5 Å². The third-order valence-electron chi connectivity index (χ3n) is 5.83. The summed E-state index contributed by atoms with van der Waals surface area (Å²) >= 11 is 12.4. The summed E-state index contributed by atoms with van der Waals surface area (Å²) in [6.07, 6.45) is 0. The zero-order valence-electron chi connectivity index (χ0n) is 18.7. The van der Waals surface area contributed by atoms with Crippen molar-refractivity contribution in [2.75, 3.05) is 38.2 Å². The highest BCUT2D eigenvalue weighted by Crippen LogP contribution is 2.28. The van der Waals surface area contributed by atoms with Gasteiger partial charge in [0.05, 0.1) is 12.1 Å². The maximum atomic E-state index is 13.2. The molecule has 0 unspecified atom stereocenters. The third kappa shape index (κ3) is 5.37. The lowest BCUT2D eigenvalue weighted by molar-refractivity contribution is 0.0746. The van der Waals surface area contributed by atoms with Gasteiger partial charge in [0.15, 0.2) is 0 Å². The van der Waals surface area contributed by atoms with Crippen molar-refractivity contribution < 1.29 is 14.3 Å². The van der Waals surface area contributed by atoms with E-state index in [1.54, 1.807) is 19.2 Å². The van der Waals surface area contributed by atoms with Crippen molar-refractivity contribution in [2.45, 2.75) is 13.5 Å². The summed E-state index contributed by atoms with van der Waals surface area (Å²) in [5.41, 5.74) is 3.70. The van der Waals surface area contributed by atoms with E-state index >= 15 is 0 Å². The number of ether oxygens (including phenoxy) is 2. The van der Waals surface area contributed by atoms with E-state index < -0.39 is 0 Å². The zero-order valence-corrected chi connectivity index (χ0v) is 20.2. The Balaban J connectivity index is 1.44. The van der Waals surface area contributed by atoms with E-state index in [4.69, 9.17) is 32.7 Å². The number of nitrogens with zero attached hydrogens (tertiary/aromatic N) is 2. The third-order valence-corrected chi connectivity index (χ3v) is 6.37. The first-order valence-electron chi connectivity index (χ1n) is 10.8. The fraction of sp³-hybridized carbons (Fsp3) is 0.269. The number of para-hydroxylation sites is 1. The molecule has 172 valence electrons. The molecule has 4 rings (SSSR count). The van der Waals surface area contributed by atoms with Crippen LogP contribution in [-0.4, -0.2) is 44.1 Å². The molecule has 1 heterocycles. The van der Waals surface area contributed by atoms with Crippen molar-refractivity contribution in [1.82, 2.24) is 4.90 Å². The Labute approximate surface area is 204 Å². The van der Waals surface area contributed by atoms with Gasteiger partial charge < -0.3 is 19.3 Å². The Bertz CT molecular complexity index is 1140. The number of hydrogen-bond acceptors (Lipinski definition) is 4. The van der Waals surface area contributed by atoms with E-state index in [9.17, 15) is 4.79 Å². The lowest BCUT2D eigenvalue weighted by atomic mass is 10.1. The van der Waals surface area contributed by atoms with Crippen molar-refractivity contribution in [1.29, 1.82) is 0 Å². The molecule has 1 fully saturated rings. The molecule has 1 aliphatic rings. The van der Waals surface area contributed by atoms with Gasteiger partial charge in [-0.2, -0.15) is 0 Å². The number of anilines is 1. The van der Waals surface area contributed by atoms with Crippen LogP contribution in [0, 0.1) is 6.92 Å². The van der Waals surface area contributed by atoms with Crippen LogP contribution in [0.15, 0.2) is 60.7 Å². The number of halogens is 2. The highest BCUT2D eigenvalue weighted by atomic mass is 35.5. The van der Waals surface area contributed by atoms with Crippen molar-refractivity contribution in [2.24, 2.45) is 0 Å². The molecule has 0 aromatic heterocycles. The lowest BCUT2D eigenvalue weighted by Gasteiger charge is -2.37. The van der Waals surface area contributed by atoms with Gasteiger partial charge in [-0.1, -0.05) is 41.4 Å². The largest absolute Gasteiger partial charge is 0.496 e. The van der Waals surface area contributed by atoms with E-state index in [1.165, 1.54) is 5.56 Å². The second-order valence-electron chi connectivity index (χ2n) is 7.96. The first-order valence-corrected chi connectivity index (χ1v) is 11.6. The number of rotatable bonds is 6. The predicted molar refractivity (Wildman–Crippen MR) is 133 cm³/mol. The van der Waals surface area contributed by atoms with Crippen LogP contribution < -0.4 is 14.4 Å². The molecule has 0 aliphatic carbocycles. The average Bonchev–Trinajstić information content (AvgIpc) is 2.84.